The number of hydrogen-bond donors (Lipinski definition) is 1. The summed E-state index contributed by atoms with van der Waals surface area (Å²) in [7, 11) is 0. The Hall–Kier alpha value is -2.95. The minimum absolute atomic E-state index is 0.159. The lowest BCUT2D eigenvalue weighted by molar-refractivity contribution is -0.144. The van der Waals surface area contributed by atoms with Gasteiger partial charge in [-0.15, -0.1) is 13.2 Å². The highest BCUT2D eigenvalue weighted by Gasteiger charge is 2.23. The molecule has 0 saturated heterocycles. The van der Waals surface area contributed by atoms with E-state index in [-0.39, 0.29) is 18.6 Å². The van der Waals surface area contributed by atoms with Crippen LogP contribution in [-0.2, 0) is 38.6 Å². The fourth-order valence-corrected chi connectivity index (χ4v) is 5.15. The van der Waals surface area contributed by atoms with Crippen LogP contribution < -0.4 is 5.32 Å². The largest absolute Gasteiger partial charge is 0.461 e. The maximum atomic E-state index is 12.4. The van der Waals surface area contributed by atoms with E-state index in [9.17, 15) is 14.4 Å². The van der Waals surface area contributed by atoms with Crippen molar-refractivity contribution in [1.29, 1.82) is 0 Å². The summed E-state index contributed by atoms with van der Waals surface area (Å²) in [6.07, 6.45) is 26.9. The number of allylic oxidation sites excluding steroid dienone is 2. The number of imide groups is 1. The van der Waals surface area contributed by atoms with Crippen LogP contribution in [0.1, 0.15) is 126 Å². The molecule has 0 unspecified atom stereocenters. The summed E-state index contributed by atoms with van der Waals surface area (Å²) in [4.78, 5) is 35.4. The third-order valence-corrected chi connectivity index (χ3v) is 7.56. The Morgan fingerprint density at radius 2 is 1.27 bits per heavy atom. The Bertz CT molecular complexity index is 978. The molecule has 0 fully saturated rings. The minimum atomic E-state index is -0.514. The van der Waals surface area contributed by atoms with Gasteiger partial charge in [0.05, 0.1) is 6.42 Å². The Kier molecular flexibility index (Phi) is 17.4. The van der Waals surface area contributed by atoms with Crippen molar-refractivity contribution in [1.82, 2.24) is 5.32 Å². The molecule has 0 saturated carbocycles. The number of ether oxygens (including phenoxy) is 1. The summed E-state index contributed by atoms with van der Waals surface area (Å²) >= 11 is 0. The highest BCUT2D eigenvalue weighted by Crippen LogP contribution is 2.20. The summed E-state index contributed by atoms with van der Waals surface area (Å²) in [6, 6.07) is 6.57. The van der Waals surface area contributed by atoms with Gasteiger partial charge >= 0.3 is 5.97 Å². The van der Waals surface area contributed by atoms with E-state index in [2.05, 4.69) is 36.7 Å². The van der Waals surface area contributed by atoms with Crippen molar-refractivity contribution in [3.8, 4) is 0 Å². The number of carbonyl (C=O) groups is 3. The summed E-state index contributed by atoms with van der Waals surface area (Å²) in [6.45, 7) is 7.77. The highest BCUT2D eigenvalue weighted by molar-refractivity contribution is 6.17. The van der Waals surface area contributed by atoms with Crippen molar-refractivity contribution in [3.63, 3.8) is 0 Å². The fourth-order valence-electron chi connectivity index (χ4n) is 5.15. The van der Waals surface area contributed by atoms with Crippen LogP contribution in [0.15, 0.2) is 55.2 Å². The molecule has 1 aromatic rings. The Labute approximate surface area is 242 Å². The van der Waals surface area contributed by atoms with Gasteiger partial charge in [0, 0.05) is 11.6 Å². The van der Waals surface area contributed by atoms with E-state index in [0.717, 1.165) is 37.7 Å². The van der Waals surface area contributed by atoms with Crippen LogP contribution in [-0.4, -0.2) is 17.8 Å². The van der Waals surface area contributed by atoms with E-state index in [0.29, 0.717) is 0 Å². The van der Waals surface area contributed by atoms with Crippen LogP contribution in [0.5, 0.6) is 0 Å². The first-order valence-electron chi connectivity index (χ1n) is 15.6. The number of benzene rings is 1. The van der Waals surface area contributed by atoms with Crippen molar-refractivity contribution in [3.05, 3.63) is 71.8 Å². The molecule has 0 radical (unpaired) electrons. The van der Waals surface area contributed by atoms with Gasteiger partial charge in [-0.25, -0.2) is 0 Å². The number of carbonyl (C=O) groups excluding carboxylic acids is 3. The quantitative estimate of drug-likeness (QED) is 0.0608. The van der Waals surface area contributed by atoms with E-state index < -0.39 is 17.8 Å². The monoisotopic (exact) mass is 549 g/mol. The van der Waals surface area contributed by atoms with Crippen LogP contribution in [0.25, 0.3) is 0 Å². The first-order valence-corrected chi connectivity index (χ1v) is 15.6. The lowest BCUT2D eigenvalue weighted by Gasteiger charge is -2.13. The van der Waals surface area contributed by atoms with Gasteiger partial charge in [0.1, 0.15) is 6.61 Å². The first-order chi connectivity index (χ1) is 19.5. The van der Waals surface area contributed by atoms with Crippen LogP contribution in [0.2, 0.25) is 0 Å². The van der Waals surface area contributed by atoms with Gasteiger partial charge in [0.25, 0.3) is 11.8 Å². The average Bonchev–Trinajstić information content (AvgIpc) is 3.26. The zero-order chi connectivity index (χ0) is 28.8. The second-order valence-electron chi connectivity index (χ2n) is 11.0. The summed E-state index contributed by atoms with van der Waals surface area (Å²) in [5.41, 5.74) is 3.80. The zero-order valence-electron chi connectivity index (χ0n) is 24.7. The molecule has 1 N–H and O–H groups in total. The van der Waals surface area contributed by atoms with Crippen LogP contribution in [0.4, 0.5) is 0 Å². The normalized spacial score (nSPS) is 12.8. The fraction of sp³-hybridized carbons (Fsp3) is 0.571. The number of amides is 2. The number of aryl methyl sites for hydroxylation is 2. The number of esters is 1. The van der Waals surface area contributed by atoms with Gasteiger partial charge in [-0.2, -0.15) is 0 Å². The Morgan fingerprint density at radius 1 is 0.725 bits per heavy atom. The SMILES string of the molecule is C=CCCCCCCCCCc1ccc(COC(=O)CC2=CC(=O)NC2=O)c(CCCCCCCCCC=C)c1. The van der Waals surface area contributed by atoms with Crippen molar-refractivity contribution in [2.45, 2.75) is 129 Å². The van der Waals surface area contributed by atoms with Crippen molar-refractivity contribution >= 4 is 17.8 Å². The van der Waals surface area contributed by atoms with Gasteiger partial charge in [-0.05, 0) is 68.1 Å². The standard InChI is InChI=1S/C35H51NO4/c1-3-5-7-9-11-13-15-17-19-21-29-23-24-31(28-40-34(38)27-32-26-33(37)36-35(32)39)30(25-29)22-20-18-16-14-12-10-8-6-4-2/h3-4,23-26H,1-2,5-22,27-28H2,(H,36,37,39). The third-order valence-electron chi connectivity index (χ3n) is 7.56. The van der Waals surface area contributed by atoms with Gasteiger partial charge in [-0.1, -0.05) is 94.6 Å². The van der Waals surface area contributed by atoms with E-state index in [1.54, 1.807) is 0 Å². The molecule has 5 nitrogen and oxygen atoms in total. The van der Waals surface area contributed by atoms with Crippen LogP contribution >= 0.6 is 0 Å². The lowest BCUT2D eigenvalue weighted by Crippen LogP contribution is -2.23. The number of unbranched alkanes of at least 4 members (excludes halogenated alkanes) is 14. The minimum Gasteiger partial charge on any atom is -0.461 e. The second kappa shape index (κ2) is 20.9. The molecule has 220 valence electrons. The first kappa shape index (κ1) is 33.3. The summed E-state index contributed by atoms with van der Waals surface area (Å²) in [5.74, 6) is -1.49. The van der Waals surface area contributed by atoms with E-state index in [1.807, 2.05) is 12.2 Å². The Morgan fingerprint density at radius 3 is 1.82 bits per heavy atom. The molecule has 40 heavy (non-hydrogen) atoms. The van der Waals surface area contributed by atoms with Gasteiger partial charge in [-0.3, -0.25) is 19.7 Å². The molecule has 1 aliphatic rings. The highest BCUT2D eigenvalue weighted by atomic mass is 16.5. The van der Waals surface area contributed by atoms with Crippen LogP contribution in [0, 0.1) is 0 Å². The molecule has 1 heterocycles. The molecular formula is C35H51NO4. The van der Waals surface area contributed by atoms with Gasteiger partial charge in [0.2, 0.25) is 0 Å². The van der Waals surface area contributed by atoms with Gasteiger partial charge < -0.3 is 4.74 Å². The van der Waals surface area contributed by atoms with Crippen molar-refractivity contribution in [2.24, 2.45) is 0 Å². The van der Waals surface area contributed by atoms with E-state index in [1.165, 1.54) is 101 Å². The van der Waals surface area contributed by atoms with Crippen molar-refractivity contribution < 1.29 is 19.1 Å². The molecule has 0 bridgehead atoms. The number of rotatable bonds is 24. The topological polar surface area (TPSA) is 72.5 Å². The van der Waals surface area contributed by atoms with E-state index >= 15 is 0 Å². The average molecular weight is 550 g/mol. The molecular weight excluding hydrogens is 498 g/mol. The van der Waals surface area contributed by atoms with Crippen molar-refractivity contribution in [2.75, 3.05) is 0 Å². The second-order valence-corrected chi connectivity index (χ2v) is 11.0. The van der Waals surface area contributed by atoms with Gasteiger partial charge in [0.15, 0.2) is 0 Å². The Balaban J connectivity index is 1.82. The maximum absolute atomic E-state index is 12.4. The molecule has 0 aromatic heterocycles. The molecule has 1 aromatic carbocycles. The predicted octanol–water partition coefficient (Wildman–Crippen LogP) is 8.40. The number of hydrogen-bond acceptors (Lipinski definition) is 4. The molecule has 2 rings (SSSR count). The molecule has 1 aliphatic heterocycles. The summed E-state index contributed by atoms with van der Waals surface area (Å²) in [5, 5.41) is 2.16. The molecule has 0 atom stereocenters. The molecule has 5 heteroatoms. The molecule has 0 spiro atoms. The zero-order valence-corrected chi connectivity index (χ0v) is 24.7. The molecule has 0 aliphatic carbocycles. The maximum Gasteiger partial charge on any atom is 0.310 e. The molecule has 2 amide bonds. The predicted molar refractivity (Wildman–Crippen MR) is 164 cm³/mol. The lowest BCUT2D eigenvalue weighted by atomic mass is 9.96. The smallest absolute Gasteiger partial charge is 0.310 e. The van der Waals surface area contributed by atoms with E-state index in [4.69, 9.17) is 4.74 Å². The number of nitrogens with one attached hydrogen (secondary N) is 1. The van der Waals surface area contributed by atoms with Crippen LogP contribution in [0.3, 0.4) is 0 Å². The third kappa shape index (κ3) is 14.4. The summed E-state index contributed by atoms with van der Waals surface area (Å²) < 4.78 is 5.52.